The monoisotopic (exact) mass is 327 g/mol. The van der Waals surface area contributed by atoms with E-state index in [-0.39, 0.29) is 5.69 Å². The molecule has 1 heterocycles. The fourth-order valence-corrected chi connectivity index (χ4v) is 2.47. The second-order valence-electron chi connectivity index (χ2n) is 4.34. The smallest absolute Gasteiger partial charge is 0.269 e. The van der Waals surface area contributed by atoms with Crippen LogP contribution in [0.1, 0.15) is 10.4 Å². The molecule has 1 aromatic heterocycles. The second kappa shape index (κ2) is 7.81. The molecule has 0 saturated carbocycles. The van der Waals surface area contributed by atoms with E-state index in [0.29, 0.717) is 5.56 Å². The average Bonchev–Trinajstić information content (AvgIpc) is 3.10. The molecule has 3 aromatic rings. The van der Waals surface area contributed by atoms with Crippen molar-refractivity contribution in [3.63, 3.8) is 0 Å². The van der Waals surface area contributed by atoms with Gasteiger partial charge in [-0.25, -0.2) is 4.98 Å². The number of carbonyl (C=O) groups excluding carboxylic acids is 1. The molecular formula is C16H13N3O3S. The molecule has 0 saturated heterocycles. The van der Waals surface area contributed by atoms with Gasteiger partial charge in [-0.1, -0.05) is 36.4 Å². The Morgan fingerprint density at radius 2 is 1.74 bits per heavy atom. The largest absolute Gasteiger partial charge is 0.366 e. The quantitative estimate of drug-likeness (QED) is 0.588. The van der Waals surface area contributed by atoms with Crippen LogP contribution in [0.25, 0.3) is 10.6 Å². The van der Waals surface area contributed by atoms with Crippen molar-refractivity contribution in [3.05, 3.63) is 81.9 Å². The zero-order valence-corrected chi connectivity index (χ0v) is 12.8. The Morgan fingerprint density at radius 1 is 1.09 bits per heavy atom. The Balaban J connectivity index is 0.000000185. The lowest BCUT2D eigenvalue weighted by Crippen LogP contribution is -2.12. The van der Waals surface area contributed by atoms with Gasteiger partial charge in [0, 0.05) is 34.8 Å². The van der Waals surface area contributed by atoms with E-state index in [0.717, 1.165) is 10.6 Å². The van der Waals surface area contributed by atoms with Crippen molar-refractivity contribution >= 4 is 22.9 Å². The number of hydrogen-bond donors (Lipinski definition) is 1. The fourth-order valence-electron chi connectivity index (χ4n) is 1.79. The summed E-state index contributed by atoms with van der Waals surface area (Å²) in [5.74, 6) is -0.421. The predicted molar refractivity (Wildman–Crippen MR) is 89.2 cm³/mol. The molecule has 0 radical (unpaired) electrons. The number of rotatable bonds is 3. The van der Waals surface area contributed by atoms with E-state index in [1.807, 2.05) is 17.5 Å². The van der Waals surface area contributed by atoms with E-state index < -0.39 is 10.8 Å². The van der Waals surface area contributed by atoms with Gasteiger partial charge >= 0.3 is 0 Å². The van der Waals surface area contributed by atoms with Crippen LogP contribution < -0.4 is 5.73 Å². The summed E-state index contributed by atoms with van der Waals surface area (Å²) < 4.78 is 0. The Bertz CT molecular complexity index is 789. The van der Waals surface area contributed by atoms with Gasteiger partial charge in [-0.05, 0) is 6.07 Å². The molecule has 0 bridgehead atoms. The molecule has 2 N–H and O–H groups in total. The molecule has 0 aliphatic carbocycles. The van der Waals surface area contributed by atoms with E-state index in [1.54, 1.807) is 36.5 Å². The topological polar surface area (TPSA) is 99.1 Å². The van der Waals surface area contributed by atoms with Crippen molar-refractivity contribution in [2.75, 3.05) is 0 Å². The molecule has 6 nitrogen and oxygen atoms in total. The summed E-state index contributed by atoms with van der Waals surface area (Å²) in [6, 6.07) is 15.1. The number of hydrogen-bond acceptors (Lipinski definition) is 5. The lowest BCUT2D eigenvalue weighted by atomic mass is 10.1. The summed E-state index contributed by atoms with van der Waals surface area (Å²) in [4.78, 5) is 24.8. The average molecular weight is 327 g/mol. The van der Waals surface area contributed by atoms with Crippen LogP contribution in [0.15, 0.2) is 66.2 Å². The highest BCUT2D eigenvalue weighted by molar-refractivity contribution is 7.13. The minimum absolute atomic E-state index is 0.137. The lowest BCUT2D eigenvalue weighted by molar-refractivity contribution is -0.384. The number of nitrogens with zero attached hydrogens (tertiary/aromatic N) is 2. The van der Waals surface area contributed by atoms with Crippen LogP contribution in [0.5, 0.6) is 0 Å². The molecule has 0 aliphatic heterocycles. The highest BCUT2D eigenvalue weighted by atomic mass is 32.1. The molecule has 2 aromatic carbocycles. The molecule has 0 unspecified atom stereocenters. The van der Waals surface area contributed by atoms with Crippen molar-refractivity contribution in [3.8, 4) is 10.6 Å². The molecule has 0 fully saturated rings. The molecule has 0 aliphatic rings. The van der Waals surface area contributed by atoms with Crippen LogP contribution in [0, 0.1) is 10.1 Å². The molecule has 23 heavy (non-hydrogen) atoms. The number of carbonyl (C=O) groups is 1. The zero-order chi connectivity index (χ0) is 16.7. The van der Waals surface area contributed by atoms with Gasteiger partial charge in [-0.2, -0.15) is 0 Å². The van der Waals surface area contributed by atoms with Crippen LogP contribution in [-0.2, 0) is 0 Å². The number of para-hydroxylation sites is 1. The number of primary amides is 1. The maximum atomic E-state index is 11.1. The summed E-state index contributed by atoms with van der Waals surface area (Å²) in [7, 11) is 0. The van der Waals surface area contributed by atoms with Crippen LogP contribution in [-0.4, -0.2) is 15.8 Å². The maximum Gasteiger partial charge on any atom is 0.269 e. The third-order valence-corrected chi connectivity index (χ3v) is 3.63. The summed E-state index contributed by atoms with van der Waals surface area (Å²) >= 11 is 1.49. The molecule has 0 spiro atoms. The summed E-state index contributed by atoms with van der Waals surface area (Å²) in [5.41, 5.74) is 6.71. The molecule has 0 atom stereocenters. The number of thiazole rings is 1. The van der Waals surface area contributed by atoms with E-state index >= 15 is 0 Å². The van der Waals surface area contributed by atoms with Crippen LogP contribution in [0.2, 0.25) is 0 Å². The first-order valence-corrected chi connectivity index (χ1v) is 7.45. The summed E-state index contributed by atoms with van der Waals surface area (Å²) in [5, 5.41) is 12.7. The van der Waals surface area contributed by atoms with E-state index in [1.165, 1.54) is 23.5 Å². The number of amides is 1. The highest BCUT2D eigenvalue weighted by Gasteiger charge is 2.10. The van der Waals surface area contributed by atoms with Crippen molar-refractivity contribution in [2.24, 2.45) is 5.73 Å². The van der Waals surface area contributed by atoms with E-state index in [4.69, 9.17) is 5.73 Å². The van der Waals surface area contributed by atoms with Gasteiger partial charge in [-0.15, -0.1) is 11.3 Å². The first-order valence-electron chi connectivity index (χ1n) is 6.57. The van der Waals surface area contributed by atoms with Gasteiger partial charge in [-0.3, -0.25) is 14.9 Å². The normalized spacial score (nSPS) is 9.57. The number of nitro groups is 1. The van der Waals surface area contributed by atoms with Crippen LogP contribution in [0.3, 0.4) is 0 Å². The molecule has 3 rings (SSSR count). The standard InChI is InChI=1S/C10H8N2OS.C6H5NO2/c11-9(13)7-3-1-2-4-8(7)10-12-5-6-14-10;8-7(9)6-4-2-1-3-5-6/h1-6H,(H2,11,13);1-5H. The minimum Gasteiger partial charge on any atom is -0.366 e. The fraction of sp³-hybridized carbons (Fsp3) is 0. The molecule has 116 valence electrons. The summed E-state index contributed by atoms with van der Waals surface area (Å²) in [6.07, 6.45) is 1.71. The van der Waals surface area contributed by atoms with Gasteiger partial charge in [0.2, 0.25) is 5.91 Å². The van der Waals surface area contributed by atoms with Gasteiger partial charge in [0.15, 0.2) is 0 Å². The molecular weight excluding hydrogens is 314 g/mol. The first kappa shape index (κ1) is 16.3. The van der Waals surface area contributed by atoms with Crippen molar-refractivity contribution < 1.29 is 9.72 Å². The zero-order valence-electron chi connectivity index (χ0n) is 12.0. The molecule has 7 heteroatoms. The molecule has 1 amide bonds. The van der Waals surface area contributed by atoms with E-state index in [2.05, 4.69) is 4.98 Å². The summed E-state index contributed by atoms with van der Waals surface area (Å²) in [6.45, 7) is 0. The van der Waals surface area contributed by atoms with Gasteiger partial charge in [0.1, 0.15) is 5.01 Å². The number of benzene rings is 2. The van der Waals surface area contributed by atoms with Crippen molar-refractivity contribution in [1.82, 2.24) is 4.98 Å². The minimum atomic E-state index is -0.421. The van der Waals surface area contributed by atoms with Crippen LogP contribution >= 0.6 is 11.3 Å². The number of aromatic nitrogens is 1. The maximum absolute atomic E-state index is 11.1. The highest BCUT2D eigenvalue weighted by Crippen LogP contribution is 2.24. The van der Waals surface area contributed by atoms with Crippen LogP contribution in [0.4, 0.5) is 5.69 Å². The second-order valence-corrected chi connectivity index (χ2v) is 5.23. The van der Waals surface area contributed by atoms with Gasteiger partial charge < -0.3 is 5.73 Å². The first-order chi connectivity index (χ1) is 11.1. The van der Waals surface area contributed by atoms with E-state index in [9.17, 15) is 14.9 Å². The SMILES string of the molecule is NC(=O)c1ccccc1-c1nccs1.O=[N+]([O-])c1ccccc1. The van der Waals surface area contributed by atoms with Crippen molar-refractivity contribution in [1.29, 1.82) is 0 Å². The predicted octanol–water partition coefficient (Wildman–Crippen LogP) is 3.50. The number of nitrogens with two attached hydrogens (primary N) is 1. The third-order valence-electron chi connectivity index (χ3n) is 2.82. The Morgan fingerprint density at radius 3 is 2.26 bits per heavy atom. The number of nitro benzene ring substituents is 1. The van der Waals surface area contributed by atoms with Gasteiger partial charge in [0.05, 0.1) is 4.92 Å². The Hall–Kier alpha value is -3.06. The Kier molecular flexibility index (Phi) is 5.54. The third kappa shape index (κ3) is 4.45. The lowest BCUT2D eigenvalue weighted by Gasteiger charge is -2.01. The van der Waals surface area contributed by atoms with Crippen molar-refractivity contribution in [2.45, 2.75) is 0 Å². The Labute approximate surface area is 136 Å². The van der Waals surface area contributed by atoms with Gasteiger partial charge in [0.25, 0.3) is 5.69 Å². The number of non-ortho nitro benzene ring substituents is 1.